The van der Waals surface area contributed by atoms with Crippen molar-refractivity contribution in [2.24, 2.45) is 10.9 Å². The standard InChI is InChI=1S/C14H25N3/c1-12(2)14-5-4-13(10-15-14)11-17-8-6-16(3)7-9-17/h10,12H,4-9,11H2,1-3H3. The number of likely N-dealkylation sites (N-methyl/N-ethyl adjacent to an activating group) is 1. The first-order chi connectivity index (χ1) is 8.15. The molecule has 0 aliphatic carbocycles. The van der Waals surface area contributed by atoms with Crippen molar-refractivity contribution >= 4 is 5.71 Å². The van der Waals surface area contributed by atoms with Gasteiger partial charge >= 0.3 is 0 Å². The van der Waals surface area contributed by atoms with Gasteiger partial charge in [-0.1, -0.05) is 13.8 Å². The zero-order valence-corrected chi connectivity index (χ0v) is 11.4. The van der Waals surface area contributed by atoms with Gasteiger partial charge in [0.05, 0.1) is 0 Å². The highest BCUT2D eigenvalue weighted by atomic mass is 15.2. The van der Waals surface area contributed by atoms with Crippen LogP contribution in [0.1, 0.15) is 26.7 Å². The summed E-state index contributed by atoms with van der Waals surface area (Å²) in [5.74, 6) is 0.608. The molecule has 2 aliphatic rings. The van der Waals surface area contributed by atoms with E-state index in [9.17, 15) is 0 Å². The van der Waals surface area contributed by atoms with Crippen LogP contribution >= 0.6 is 0 Å². The van der Waals surface area contributed by atoms with Crippen LogP contribution in [0, 0.1) is 5.92 Å². The highest BCUT2D eigenvalue weighted by molar-refractivity contribution is 5.87. The molecule has 0 unspecified atom stereocenters. The predicted octanol–water partition coefficient (Wildman–Crippen LogP) is 2.01. The zero-order chi connectivity index (χ0) is 12.3. The second-order valence-electron chi connectivity index (χ2n) is 5.64. The zero-order valence-electron chi connectivity index (χ0n) is 11.4. The van der Waals surface area contributed by atoms with Crippen LogP contribution in [0.5, 0.6) is 0 Å². The summed E-state index contributed by atoms with van der Waals surface area (Å²) in [5.41, 5.74) is 2.88. The Morgan fingerprint density at radius 3 is 2.41 bits per heavy atom. The minimum atomic E-state index is 0.608. The van der Waals surface area contributed by atoms with Crippen LogP contribution in [0.3, 0.4) is 0 Å². The van der Waals surface area contributed by atoms with Crippen LogP contribution in [0.2, 0.25) is 0 Å². The molecule has 1 fully saturated rings. The maximum atomic E-state index is 4.61. The van der Waals surface area contributed by atoms with Crippen molar-refractivity contribution in [2.45, 2.75) is 26.7 Å². The Labute approximate surface area is 105 Å². The summed E-state index contributed by atoms with van der Waals surface area (Å²) < 4.78 is 0. The van der Waals surface area contributed by atoms with Crippen molar-refractivity contribution in [3.8, 4) is 0 Å². The Bertz CT molecular complexity index is 309. The highest BCUT2D eigenvalue weighted by Gasteiger charge is 2.17. The monoisotopic (exact) mass is 235 g/mol. The SMILES string of the molecule is CC(C)C1=NC=C(CN2CCN(C)CC2)CC1. The summed E-state index contributed by atoms with van der Waals surface area (Å²) >= 11 is 0. The van der Waals surface area contributed by atoms with Gasteiger partial charge in [0.25, 0.3) is 0 Å². The van der Waals surface area contributed by atoms with Gasteiger partial charge in [-0.05, 0) is 31.4 Å². The molecule has 3 nitrogen and oxygen atoms in total. The molecule has 2 heterocycles. The van der Waals surface area contributed by atoms with E-state index in [0.29, 0.717) is 5.92 Å². The number of rotatable bonds is 3. The third-order valence-electron chi connectivity index (χ3n) is 3.80. The van der Waals surface area contributed by atoms with Crippen molar-refractivity contribution in [1.29, 1.82) is 0 Å². The van der Waals surface area contributed by atoms with Gasteiger partial charge in [0.1, 0.15) is 0 Å². The van der Waals surface area contributed by atoms with Crippen LogP contribution < -0.4 is 0 Å². The molecular formula is C14H25N3. The Morgan fingerprint density at radius 2 is 1.88 bits per heavy atom. The van der Waals surface area contributed by atoms with Crippen molar-refractivity contribution in [3.63, 3.8) is 0 Å². The van der Waals surface area contributed by atoms with E-state index in [2.05, 4.69) is 41.9 Å². The molecule has 1 saturated heterocycles. The van der Waals surface area contributed by atoms with E-state index >= 15 is 0 Å². The highest BCUT2D eigenvalue weighted by Crippen LogP contribution is 2.18. The van der Waals surface area contributed by atoms with Gasteiger partial charge < -0.3 is 4.90 Å². The number of hydrogen-bond acceptors (Lipinski definition) is 3. The molecule has 0 aromatic heterocycles. The predicted molar refractivity (Wildman–Crippen MR) is 73.5 cm³/mol. The van der Waals surface area contributed by atoms with Crippen molar-refractivity contribution in [2.75, 3.05) is 39.8 Å². The molecule has 0 aromatic rings. The van der Waals surface area contributed by atoms with Gasteiger partial charge in [-0.15, -0.1) is 0 Å². The molecule has 0 atom stereocenters. The largest absolute Gasteiger partial charge is 0.304 e. The first-order valence-corrected chi connectivity index (χ1v) is 6.80. The van der Waals surface area contributed by atoms with Crippen molar-refractivity contribution in [3.05, 3.63) is 11.8 Å². The molecule has 2 aliphatic heterocycles. The first kappa shape index (κ1) is 12.8. The van der Waals surface area contributed by atoms with Crippen LogP contribution in [0.15, 0.2) is 16.8 Å². The second kappa shape index (κ2) is 5.78. The topological polar surface area (TPSA) is 18.8 Å². The van der Waals surface area contributed by atoms with Crippen molar-refractivity contribution in [1.82, 2.24) is 9.80 Å². The number of aliphatic imine (C=N–C) groups is 1. The van der Waals surface area contributed by atoms with Crippen LogP contribution in [-0.2, 0) is 0 Å². The van der Waals surface area contributed by atoms with E-state index < -0.39 is 0 Å². The fraction of sp³-hybridized carbons (Fsp3) is 0.786. The molecule has 3 heteroatoms. The average Bonchev–Trinajstić information content (AvgIpc) is 2.33. The Kier molecular flexibility index (Phi) is 4.35. The lowest BCUT2D eigenvalue weighted by molar-refractivity contribution is 0.163. The summed E-state index contributed by atoms with van der Waals surface area (Å²) in [6, 6.07) is 0. The van der Waals surface area contributed by atoms with Crippen LogP contribution in [0.25, 0.3) is 0 Å². The lowest BCUT2D eigenvalue weighted by Gasteiger charge is -2.33. The number of piperazine rings is 1. The van der Waals surface area contributed by atoms with E-state index in [1.165, 1.54) is 43.9 Å². The van der Waals surface area contributed by atoms with Gasteiger partial charge in [0, 0.05) is 44.6 Å². The summed E-state index contributed by atoms with van der Waals surface area (Å²) in [6.07, 6.45) is 4.50. The van der Waals surface area contributed by atoms with Gasteiger partial charge in [0.2, 0.25) is 0 Å². The average molecular weight is 235 g/mol. The molecule has 0 aromatic carbocycles. The number of nitrogens with zero attached hydrogens (tertiary/aromatic N) is 3. The van der Waals surface area contributed by atoms with Crippen LogP contribution in [-0.4, -0.2) is 55.3 Å². The summed E-state index contributed by atoms with van der Waals surface area (Å²) in [6.45, 7) is 10.4. The Morgan fingerprint density at radius 1 is 1.18 bits per heavy atom. The maximum absolute atomic E-state index is 4.61. The molecule has 0 amide bonds. The Hall–Kier alpha value is -0.670. The fourth-order valence-corrected chi connectivity index (χ4v) is 2.44. The van der Waals surface area contributed by atoms with Gasteiger partial charge in [-0.25, -0.2) is 0 Å². The molecular weight excluding hydrogens is 210 g/mol. The summed E-state index contributed by atoms with van der Waals surface area (Å²) in [5, 5.41) is 0. The number of hydrogen-bond donors (Lipinski definition) is 0. The maximum Gasteiger partial charge on any atom is 0.0272 e. The fourth-order valence-electron chi connectivity index (χ4n) is 2.44. The third kappa shape index (κ3) is 3.65. The first-order valence-electron chi connectivity index (χ1n) is 6.80. The summed E-state index contributed by atoms with van der Waals surface area (Å²) in [4.78, 5) is 9.57. The quantitative estimate of drug-likeness (QED) is 0.745. The third-order valence-corrected chi connectivity index (χ3v) is 3.80. The van der Waals surface area contributed by atoms with E-state index in [1.54, 1.807) is 0 Å². The molecule has 0 spiro atoms. The lowest BCUT2D eigenvalue weighted by atomic mass is 9.98. The van der Waals surface area contributed by atoms with Gasteiger partial charge in [-0.3, -0.25) is 9.89 Å². The minimum Gasteiger partial charge on any atom is -0.304 e. The molecule has 2 rings (SSSR count). The van der Waals surface area contributed by atoms with E-state index in [1.807, 2.05) is 0 Å². The molecule has 0 radical (unpaired) electrons. The lowest BCUT2D eigenvalue weighted by Crippen LogP contribution is -2.45. The second-order valence-corrected chi connectivity index (χ2v) is 5.64. The molecule has 0 bridgehead atoms. The van der Waals surface area contributed by atoms with E-state index in [0.717, 1.165) is 13.0 Å². The molecule has 0 N–H and O–H groups in total. The van der Waals surface area contributed by atoms with E-state index in [-0.39, 0.29) is 0 Å². The van der Waals surface area contributed by atoms with E-state index in [4.69, 9.17) is 0 Å². The van der Waals surface area contributed by atoms with Gasteiger partial charge in [-0.2, -0.15) is 0 Å². The van der Waals surface area contributed by atoms with Gasteiger partial charge in [0.15, 0.2) is 0 Å². The van der Waals surface area contributed by atoms with Crippen LogP contribution in [0.4, 0.5) is 0 Å². The van der Waals surface area contributed by atoms with Crippen molar-refractivity contribution < 1.29 is 0 Å². The molecule has 17 heavy (non-hydrogen) atoms. The summed E-state index contributed by atoms with van der Waals surface area (Å²) in [7, 11) is 2.20. The smallest absolute Gasteiger partial charge is 0.0272 e. The Balaban J connectivity index is 1.84. The molecule has 96 valence electrons. The molecule has 0 saturated carbocycles. The normalized spacial score (nSPS) is 23.8. The minimum absolute atomic E-state index is 0.608.